The van der Waals surface area contributed by atoms with Crippen LogP contribution < -0.4 is 11.1 Å². The van der Waals surface area contributed by atoms with Gasteiger partial charge >= 0.3 is 11.9 Å². The Kier molecular flexibility index (Phi) is 7.25. The number of rotatable bonds is 5. The Morgan fingerprint density at radius 1 is 1.33 bits per heavy atom. The lowest BCUT2D eigenvalue weighted by Crippen LogP contribution is -2.41. The molecule has 0 heterocycles. The second kappa shape index (κ2) is 7.90. The average molecular weight is 323 g/mol. The molecule has 0 aliphatic carbocycles. The standard InChI is InChI=1S/C13H16F2N2O3.ClH/c1-3-20-12(19)13(14,15)11(16)9-4-6-10(7-5-9)17-8(2)18;/h4-7,11H,3,16H2,1-2H3,(H,17,18);1H/t11-;/m1./s1. The van der Waals surface area contributed by atoms with E-state index in [-0.39, 0.29) is 30.5 Å². The van der Waals surface area contributed by atoms with Crippen LogP contribution in [-0.4, -0.2) is 24.4 Å². The number of amides is 1. The van der Waals surface area contributed by atoms with Gasteiger partial charge in [-0.3, -0.25) is 4.79 Å². The number of nitrogens with one attached hydrogen (secondary N) is 1. The molecule has 0 spiro atoms. The quantitative estimate of drug-likeness (QED) is 0.815. The first-order valence-electron chi connectivity index (χ1n) is 5.97. The molecule has 1 rings (SSSR count). The van der Waals surface area contributed by atoms with Gasteiger partial charge in [0.15, 0.2) is 0 Å². The molecule has 1 aromatic rings. The largest absolute Gasteiger partial charge is 0.462 e. The fourth-order valence-corrected chi connectivity index (χ4v) is 1.54. The topological polar surface area (TPSA) is 81.4 Å². The van der Waals surface area contributed by atoms with Gasteiger partial charge in [-0.05, 0) is 24.6 Å². The van der Waals surface area contributed by atoms with E-state index >= 15 is 0 Å². The molecular formula is C13H17ClF2N2O3. The van der Waals surface area contributed by atoms with Gasteiger partial charge in [0.1, 0.15) is 6.04 Å². The Morgan fingerprint density at radius 3 is 2.29 bits per heavy atom. The van der Waals surface area contributed by atoms with E-state index in [1.807, 2.05) is 0 Å². The first-order valence-corrected chi connectivity index (χ1v) is 5.97. The lowest BCUT2D eigenvalue weighted by atomic mass is 10.0. The summed E-state index contributed by atoms with van der Waals surface area (Å²) >= 11 is 0. The summed E-state index contributed by atoms with van der Waals surface area (Å²) in [6.45, 7) is 2.61. The molecule has 0 aliphatic heterocycles. The zero-order valence-corrected chi connectivity index (χ0v) is 12.4. The fraction of sp³-hybridized carbons (Fsp3) is 0.385. The van der Waals surface area contributed by atoms with E-state index in [2.05, 4.69) is 10.1 Å². The molecule has 1 atom stereocenters. The maximum atomic E-state index is 13.7. The minimum atomic E-state index is -3.81. The highest BCUT2D eigenvalue weighted by Crippen LogP contribution is 2.31. The van der Waals surface area contributed by atoms with E-state index in [4.69, 9.17) is 5.73 Å². The van der Waals surface area contributed by atoms with E-state index in [0.717, 1.165) is 0 Å². The zero-order chi connectivity index (χ0) is 15.3. The number of benzene rings is 1. The number of anilines is 1. The molecule has 0 saturated heterocycles. The summed E-state index contributed by atoms with van der Waals surface area (Å²) in [6, 6.07) is 3.69. The molecule has 1 amide bonds. The minimum Gasteiger partial charge on any atom is -0.462 e. The van der Waals surface area contributed by atoms with Crippen molar-refractivity contribution >= 4 is 30.0 Å². The number of hydrogen-bond donors (Lipinski definition) is 2. The van der Waals surface area contributed by atoms with Gasteiger partial charge in [-0.25, -0.2) is 4.79 Å². The number of carbonyl (C=O) groups is 2. The van der Waals surface area contributed by atoms with Crippen LogP contribution in [0, 0.1) is 0 Å². The normalized spacial score (nSPS) is 12.0. The van der Waals surface area contributed by atoms with Crippen molar-refractivity contribution in [3.8, 4) is 0 Å². The molecule has 0 aromatic heterocycles. The van der Waals surface area contributed by atoms with Crippen molar-refractivity contribution in [3.05, 3.63) is 29.8 Å². The smallest absolute Gasteiger partial charge is 0.379 e. The number of alkyl halides is 2. The van der Waals surface area contributed by atoms with E-state index in [9.17, 15) is 18.4 Å². The Bertz CT molecular complexity index is 495. The van der Waals surface area contributed by atoms with Crippen LogP contribution in [0.2, 0.25) is 0 Å². The summed E-state index contributed by atoms with van der Waals surface area (Å²) in [4.78, 5) is 22.0. The highest BCUT2D eigenvalue weighted by molar-refractivity contribution is 5.88. The first kappa shape index (κ1) is 19.3. The molecule has 1 aromatic carbocycles. The monoisotopic (exact) mass is 322 g/mol. The second-order valence-corrected chi connectivity index (χ2v) is 4.12. The van der Waals surface area contributed by atoms with Crippen LogP contribution >= 0.6 is 12.4 Å². The molecule has 0 unspecified atom stereocenters. The Labute approximate surface area is 127 Å². The highest BCUT2D eigenvalue weighted by Gasteiger charge is 2.47. The van der Waals surface area contributed by atoms with Gasteiger partial charge < -0.3 is 15.8 Å². The van der Waals surface area contributed by atoms with Crippen LogP contribution in [0.15, 0.2) is 24.3 Å². The van der Waals surface area contributed by atoms with Crippen molar-refractivity contribution in [3.63, 3.8) is 0 Å². The highest BCUT2D eigenvalue weighted by atomic mass is 35.5. The maximum Gasteiger partial charge on any atom is 0.379 e. The van der Waals surface area contributed by atoms with Crippen LogP contribution in [0.4, 0.5) is 14.5 Å². The third-order valence-corrected chi connectivity index (χ3v) is 2.53. The third kappa shape index (κ3) is 4.95. The summed E-state index contributed by atoms with van der Waals surface area (Å²) in [6.07, 6.45) is 0. The van der Waals surface area contributed by atoms with Crippen molar-refractivity contribution in [2.75, 3.05) is 11.9 Å². The Morgan fingerprint density at radius 2 is 1.86 bits per heavy atom. The average Bonchev–Trinajstić information content (AvgIpc) is 2.38. The molecule has 8 heteroatoms. The molecule has 21 heavy (non-hydrogen) atoms. The minimum absolute atomic E-state index is 0. The molecule has 0 saturated carbocycles. The maximum absolute atomic E-state index is 13.7. The summed E-state index contributed by atoms with van der Waals surface area (Å²) in [5.74, 6) is -5.75. The lowest BCUT2D eigenvalue weighted by molar-refractivity contribution is -0.174. The number of esters is 1. The molecule has 0 fully saturated rings. The van der Waals surface area contributed by atoms with E-state index in [0.29, 0.717) is 5.69 Å². The van der Waals surface area contributed by atoms with Crippen LogP contribution in [0.5, 0.6) is 0 Å². The predicted octanol–water partition coefficient (Wildman–Crippen LogP) is 2.27. The molecule has 3 N–H and O–H groups in total. The van der Waals surface area contributed by atoms with Crippen molar-refractivity contribution in [2.24, 2.45) is 5.73 Å². The van der Waals surface area contributed by atoms with Crippen molar-refractivity contribution in [1.82, 2.24) is 0 Å². The predicted molar refractivity (Wildman–Crippen MR) is 76.5 cm³/mol. The first-order chi connectivity index (χ1) is 9.28. The molecule has 0 bridgehead atoms. The molecule has 5 nitrogen and oxygen atoms in total. The third-order valence-electron chi connectivity index (χ3n) is 2.53. The SMILES string of the molecule is CCOC(=O)C(F)(F)[C@H](N)c1ccc(NC(C)=O)cc1.Cl. The van der Waals surface area contributed by atoms with Gasteiger partial charge in [0.05, 0.1) is 6.61 Å². The van der Waals surface area contributed by atoms with Gasteiger partial charge in [-0.2, -0.15) is 8.78 Å². The van der Waals surface area contributed by atoms with Gasteiger partial charge in [0.2, 0.25) is 5.91 Å². The van der Waals surface area contributed by atoms with Crippen LogP contribution in [0.3, 0.4) is 0 Å². The van der Waals surface area contributed by atoms with E-state index in [1.165, 1.54) is 38.1 Å². The van der Waals surface area contributed by atoms with E-state index in [1.54, 1.807) is 0 Å². The van der Waals surface area contributed by atoms with Crippen LogP contribution in [-0.2, 0) is 14.3 Å². The number of carbonyl (C=O) groups excluding carboxylic acids is 2. The van der Waals surface area contributed by atoms with Gasteiger partial charge in [-0.1, -0.05) is 12.1 Å². The summed E-state index contributed by atoms with van der Waals surface area (Å²) in [5, 5.41) is 2.49. The summed E-state index contributed by atoms with van der Waals surface area (Å²) in [7, 11) is 0. The van der Waals surface area contributed by atoms with Gasteiger partial charge in [0.25, 0.3) is 0 Å². The Balaban J connectivity index is 0.00000400. The lowest BCUT2D eigenvalue weighted by Gasteiger charge is -2.22. The van der Waals surface area contributed by atoms with Crippen LogP contribution in [0.1, 0.15) is 25.5 Å². The van der Waals surface area contributed by atoms with Gasteiger partial charge in [-0.15, -0.1) is 12.4 Å². The van der Waals surface area contributed by atoms with Gasteiger partial charge in [0, 0.05) is 12.6 Å². The fourth-order valence-electron chi connectivity index (χ4n) is 1.54. The summed E-state index contributed by atoms with van der Waals surface area (Å²) < 4.78 is 31.7. The number of hydrogen-bond acceptors (Lipinski definition) is 4. The zero-order valence-electron chi connectivity index (χ0n) is 11.6. The number of nitrogens with two attached hydrogens (primary N) is 1. The molecular weight excluding hydrogens is 306 g/mol. The number of halogens is 3. The van der Waals surface area contributed by atoms with Crippen LogP contribution in [0.25, 0.3) is 0 Å². The van der Waals surface area contributed by atoms with Crippen molar-refractivity contribution < 1.29 is 23.1 Å². The van der Waals surface area contributed by atoms with Crippen molar-refractivity contribution in [2.45, 2.75) is 25.8 Å². The molecule has 0 aliphatic rings. The summed E-state index contributed by atoms with van der Waals surface area (Å²) in [5.41, 5.74) is 5.94. The molecule has 118 valence electrons. The van der Waals surface area contributed by atoms with Crippen molar-refractivity contribution in [1.29, 1.82) is 0 Å². The second-order valence-electron chi connectivity index (χ2n) is 4.12. The van der Waals surface area contributed by atoms with E-state index < -0.39 is 17.9 Å². The number of ether oxygens (including phenoxy) is 1. The Hall–Kier alpha value is -1.73. The molecule has 0 radical (unpaired) electrons.